The van der Waals surface area contributed by atoms with Gasteiger partial charge in [0.05, 0.1) is 17.2 Å². The quantitative estimate of drug-likeness (QED) is 0.819. The summed E-state index contributed by atoms with van der Waals surface area (Å²) >= 11 is 0. The van der Waals surface area contributed by atoms with Crippen LogP contribution in [0, 0.1) is 0 Å². The molecule has 2 aromatic rings. The fourth-order valence-corrected chi connectivity index (χ4v) is 2.87. The van der Waals surface area contributed by atoms with Crippen LogP contribution in [0.1, 0.15) is 34.3 Å². The zero-order valence-electron chi connectivity index (χ0n) is 14.6. The molecular formula is C20H20F3NO3. The van der Waals surface area contributed by atoms with Gasteiger partial charge in [-0.25, -0.2) is 0 Å². The highest BCUT2D eigenvalue weighted by atomic mass is 19.4. The summed E-state index contributed by atoms with van der Waals surface area (Å²) in [6.07, 6.45) is -2.48. The van der Waals surface area contributed by atoms with Gasteiger partial charge in [0.15, 0.2) is 0 Å². The van der Waals surface area contributed by atoms with E-state index < -0.39 is 17.6 Å². The first kappa shape index (κ1) is 19.2. The molecule has 1 unspecified atom stereocenters. The number of ether oxygens (including phenoxy) is 2. The molecule has 7 heteroatoms. The highest BCUT2D eigenvalue weighted by molar-refractivity contribution is 5.96. The van der Waals surface area contributed by atoms with E-state index in [4.69, 9.17) is 9.47 Å². The average Bonchev–Trinajstić information content (AvgIpc) is 3.18. The van der Waals surface area contributed by atoms with E-state index in [0.717, 1.165) is 25.0 Å². The van der Waals surface area contributed by atoms with Crippen LogP contribution in [-0.2, 0) is 17.5 Å². The SMILES string of the molecule is O=C(NCc1cccc(C(F)(F)F)c1)c1ccccc1OCC1CCCO1. The van der Waals surface area contributed by atoms with Crippen LogP contribution in [0.3, 0.4) is 0 Å². The molecule has 0 bridgehead atoms. The van der Waals surface area contributed by atoms with E-state index in [1.54, 1.807) is 24.3 Å². The minimum atomic E-state index is -4.41. The van der Waals surface area contributed by atoms with E-state index in [1.165, 1.54) is 12.1 Å². The zero-order valence-corrected chi connectivity index (χ0v) is 14.6. The minimum Gasteiger partial charge on any atom is -0.490 e. The number of rotatable bonds is 6. The molecule has 2 aromatic carbocycles. The number of halogens is 3. The fourth-order valence-electron chi connectivity index (χ4n) is 2.87. The molecule has 0 radical (unpaired) electrons. The van der Waals surface area contributed by atoms with Crippen LogP contribution in [0.2, 0.25) is 0 Å². The average molecular weight is 379 g/mol. The second-order valence-corrected chi connectivity index (χ2v) is 6.32. The molecule has 1 heterocycles. The van der Waals surface area contributed by atoms with Crippen molar-refractivity contribution in [2.75, 3.05) is 13.2 Å². The van der Waals surface area contributed by atoms with Gasteiger partial charge in [0.2, 0.25) is 0 Å². The van der Waals surface area contributed by atoms with Crippen LogP contribution >= 0.6 is 0 Å². The first-order valence-corrected chi connectivity index (χ1v) is 8.71. The van der Waals surface area contributed by atoms with Crippen LogP contribution in [0.25, 0.3) is 0 Å². The molecule has 1 aliphatic heterocycles. The molecule has 27 heavy (non-hydrogen) atoms. The van der Waals surface area contributed by atoms with Gasteiger partial charge in [0, 0.05) is 13.2 Å². The third-order valence-corrected chi connectivity index (χ3v) is 4.29. The van der Waals surface area contributed by atoms with E-state index in [1.807, 2.05) is 0 Å². The summed E-state index contributed by atoms with van der Waals surface area (Å²) in [5.41, 5.74) is -0.0343. The Kier molecular flexibility index (Phi) is 6.01. The molecule has 1 aliphatic rings. The molecular weight excluding hydrogens is 359 g/mol. The molecule has 1 atom stereocenters. The maximum Gasteiger partial charge on any atom is 0.416 e. The van der Waals surface area contributed by atoms with Crippen molar-refractivity contribution in [3.63, 3.8) is 0 Å². The molecule has 3 rings (SSSR count). The lowest BCUT2D eigenvalue weighted by Crippen LogP contribution is -2.24. The van der Waals surface area contributed by atoms with Gasteiger partial charge in [0.25, 0.3) is 5.91 Å². The Labute approximate surface area is 155 Å². The fraction of sp³-hybridized carbons (Fsp3) is 0.350. The number of carbonyl (C=O) groups excluding carboxylic acids is 1. The van der Waals surface area contributed by atoms with Crippen LogP contribution in [0.4, 0.5) is 13.2 Å². The lowest BCUT2D eigenvalue weighted by molar-refractivity contribution is -0.137. The molecule has 0 spiro atoms. The standard InChI is InChI=1S/C20H20F3NO3/c21-20(22,23)15-6-3-5-14(11-15)12-24-19(25)17-8-1-2-9-18(17)27-13-16-7-4-10-26-16/h1-3,5-6,8-9,11,16H,4,7,10,12-13H2,(H,24,25). The molecule has 1 N–H and O–H groups in total. The van der Waals surface area contributed by atoms with Crippen molar-refractivity contribution < 1.29 is 27.4 Å². The van der Waals surface area contributed by atoms with Crippen LogP contribution < -0.4 is 10.1 Å². The van der Waals surface area contributed by atoms with Crippen LogP contribution in [0.15, 0.2) is 48.5 Å². The summed E-state index contributed by atoms with van der Waals surface area (Å²) in [5.74, 6) is 0.0184. The van der Waals surface area contributed by atoms with Crippen molar-refractivity contribution in [2.24, 2.45) is 0 Å². The number of nitrogens with one attached hydrogen (secondary N) is 1. The number of para-hydroxylation sites is 1. The maximum atomic E-state index is 12.8. The van der Waals surface area contributed by atoms with Crippen molar-refractivity contribution in [3.05, 3.63) is 65.2 Å². The topological polar surface area (TPSA) is 47.6 Å². The number of hydrogen-bond acceptors (Lipinski definition) is 3. The smallest absolute Gasteiger partial charge is 0.416 e. The molecule has 0 aromatic heterocycles. The first-order chi connectivity index (χ1) is 12.9. The number of benzene rings is 2. The van der Waals surface area contributed by atoms with E-state index in [9.17, 15) is 18.0 Å². The van der Waals surface area contributed by atoms with Crippen LogP contribution in [-0.4, -0.2) is 25.2 Å². The second kappa shape index (κ2) is 8.43. The molecule has 144 valence electrons. The van der Waals surface area contributed by atoms with Crippen LogP contribution in [0.5, 0.6) is 5.75 Å². The van der Waals surface area contributed by atoms with E-state index in [0.29, 0.717) is 30.1 Å². The van der Waals surface area contributed by atoms with Gasteiger partial charge in [-0.3, -0.25) is 4.79 Å². The normalized spacial score (nSPS) is 16.9. The summed E-state index contributed by atoms with van der Waals surface area (Å²) in [6.45, 7) is 1.06. The Bertz CT molecular complexity index is 786. The summed E-state index contributed by atoms with van der Waals surface area (Å²) in [5, 5.41) is 2.64. The summed E-state index contributed by atoms with van der Waals surface area (Å²) < 4.78 is 49.6. The Hall–Kier alpha value is -2.54. The first-order valence-electron chi connectivity index (χ1n) is 8.71. The Balaban J connectivity index is 1.62. The van der Waals surface area contributed by atoms with Crippen molar-refractivity contribution in [1.82, 2.24) is 5.32 Å². The lowest BCUT2D eigenvalue weighted by atomic mass is 10.1. The molecule has 4 nitrogen and oxygen atoms in total. The minimum absolute atomic E-state index is 0.0111. The molecule has 1 fully saturated rings. The summed E-state index contributed by atoms with van der Waals surface area (Å²) in [4.78, 5) is 12.5. The van der Waals surface area contributed by atoms with Gasteiger partial charge in [-0.15, -0.1) is 0 Å². The zero-order chi connectivity index (χ0) is 19.3. The molecule has 0 saturated carbocycles. The predicted octanol–water partition coefficient (Wildman–Crippen LogP) is 4.19. The predicted molar refractivity (Wildman–Crippen MR) is 93.5 cm³/mol. The monoisotopic (exact) mass is 379 g/mol. The van der Waals surface area contributed by atoms with Gasteiger partial charge >= 0.3 is 6.18 Å². The van der Waals surface area contributed by atoms with Gasteiger partial charge in [-0.1, -0.05) is 24.3 Å². The van der Waals surface area contributed by atoms with Gasteiger partial charge in [-0.05, 0) is 42.7 Å². The number of hydrogen-bond donors (Lipinski definition) is 1. The lowest BCUT2D eigenvalue weighted by Gasteiger charge is -2.15. The van der Waals surface area contributed by atoms with E-state index >= 15 is 0 Å². The number of alkyl halides is 3. The summed E-state index contributed by atoms with van der Waals surface area (Å²) in [6, 6.07) is 11.7. The molecule has 1 amide bonds. The summed E-state index contributed by atoms with van der Waals surface area (Å²) in [7, 11) is 0. The van der Waals surface area contributed by atoms with Gasteiger partial charge in [-0.2, -0.15) is 13.2 Å². The molecule has 1 saturated heterocycles. The second-order valence-electron chi connectivity index (χ2n) is 6.32. The van der Waals surface area contributed by atoms with Gasteiger partial charge in [0.1, 0.15) is 12.4 Å². The highest BCUT2D eigenvalue weighted by Crippen LogP contribution is 2.29. The number of amides is 1. The van der Waals surface area contributed by atoms with Crippen molar-refractivity contribution in [2.45, 2.75) is 31.7 Å². The van der Waals surface area contributed by atoms with E-state index in [-0.39, 0.29) is 12.6 Å². The Morgan fingerprint density at radius 3 is 2.74 bits per heavy atom. The third kappa shape index (κ3) is 5.23. The Morgan fingerprint density at radius 1 is 1.19 bits per heavy atom. The highest BCUT2D eigenvalue weighted by Gasteiger charge is 2.30. The maximum absolute atomic E-state index is 12.8. The van der Waals surface area contributed by atoms with Gasteiger partial charge < -0.3 is 14.8 Å². The third-order valence-electron chi connectivity index (χ3n) is 4.29. The van der Waals surface area contributed by atoms with Crippen molar-refractivity contribution >= 4 is 5.91 Å². The van der Waals surface area contributed by atoms with Crippen molar-refractivity contribution in [1.29, 1.82) is 0 Å². The largest absolute Gasteiger partial charge is 0.490 e. The molecule has 0 aliphatic carbocycles. The van der Waals surface area contributed by atoms with Crippen molar-refractivity contribution in [3.8, 4) is 5.75 Å². The number of carbonyl (C=O) groups is 1. The Morgan fingerprint density at radius 2 is 2.00 bits per heavy atom. The van der Waals surface area contributed by atoms with E-state index in [2.05, 4.69) is 5.32 Å².